The minimum atomic E-state index is -0.870. The van der Waals surface area contributed by atoms with Crippen molar-refractivity contribution in [3.8, 4) is 22.3 Å². The van der Waals surface area contributed by atoms with Gasteiger partial charge in [0.2, 0.25) is 0 Å². The second-order valence-corrected chi connectivity index (χ2v) is 13.6. The number of hydrogen-bond donors (Lipinski definition) is 0. The van der Waals surface area contributed by atoms with Crippen molar-refractivity contribution in [2.24, 2.45) is 17.8 Å². The molecule has 1 atom stereocenters. The van der Waals surface area contributed by atoms with Gasteiger partial charge in [0.1, 0.15) is 0 Å². The SMILES string of the molecule is C/C=C/CCC1CCC(C2CC=C(c3ccc(-c4ccc(-c5ccc(CCCCCCC)c(F)c5F)cc4)c(F)c3F)CC2)CC1. The quantitative estimate of drug-likeness (QED) is 0.100. The largest absolute Gasteiger partial charge is 0.203 e. The van der Waals surface area contributed by atoms with Crippen LogP contribution in [0.1, 0.15) is 115 Å². The minimum absolute atomic E-state index is 0.165. The third-order valence-corrected chi connectivity index (χ3v) is 10.6. The molecule has 0 nitrogen and oxygen atoms in total. The summed E-state index contributed by atoms with van der Waals surface area (Å²) in [4.78, 5) is 0. The molecule has 2 aliphatic rings. The van der Waals surface area contributed by atoms with Crippen LogP contribution in [0.3, 0.4) is 0 Å². The van der Waals surface area contributed by atoms with Crippen LogP contribution < -0.4 is 0 Å². The Kier molecular flexibility index (Phi) is 12.4. The Morgan fingerprint density at radius 3 is 1.89 bits per heavy atom. The van der Waals surface area contributed by atoms with Crippen LogP contribution in [0.5, 0.6) is 0 Å². The van der Waals surface area contributed by atoms with Crippen molar-refractivity contribution < 1.29 is 17.6 Å². The van der Waals surface area contributed by atoms with E-state index in [-0.39, 0.29) is 11.1 Å². The van der Waals surface area contributed by atoms with Gasteiger partial charge >= 0.3 is 0 Å². The van der Waals surface area contributed by atoms with Crippen LogP contribution in [0.4, 0.5) is 17.6 Å². The molecule has 0 amide bonds. The second kappa shape index (κ2) is 16.6. The fourth-order valence-electron chi connectivity index (χ4n) is 7.75. The molecule has 0 aliphatic heterocycles. The van der Waals surface area contributed by atoms with Gasteiger partial charge < -0.3 is 0 Å². The Labute approximate surface area is 274 Å². The fourth-order valence-corrected chi connectivity index (χ4v) is 7.75. The van der Waals surface area contributed by atoms with E-state index >= 15 is 13.2 Å². The Morgan fingerprint density at radius 1 is 0.652 bits per heavy atom. The van der Waals surface area contributed by atoms with Crippen molar-refractivity contribution in [2.45, 2.75) is 110 Å². The van der Waals surface area contributed by atoms with Crippen LogP contribution in [0.25, 0.3) is 27.8 Å². The van der Waals surface area contributed by atoms with Gasteiger partial charge in [0, 0.05) is 16.7 Å². The lowest BCUT2D eigenvalue weighted by Gasteiger charge is -2.35. The molecule has 1 fully saturated rings. The highest BCUT2D eigenvalue weighted by Gasteiger charge is 2.29. The highest BCUT2D eigenvalue weighted by Crippen LogP contribution is 2.43. The highest BCUT2D eigenvalue weighted by molar-refractivity contribution is 5.74. The Bertz CT molecular complexity index is 1490. The van der Waals surface area contributed by atoms with Gasteiger partial charge in [-0.05, 0) is 105 Å². The first-order valence-corrected chi connectivity index (χ1v) is 17.8. The van der Waals surface area contributed by atoms with Crippen molar-refractivity contribution in [1.29, 1.82) is 0 Å². The molecular weight excluding hydrogens is 580 g/mol. The predicted octanol–water partition coefficient (Wildman–Crippen LogP) is 13.4. The number of allylic oxidation sites excluding steroid dienone is 4. The molecule has 3 aromatic rings. The van der Waals surface area contributed by atoms with Crippen LogP contribution in [-0.4, -0.2) is 0 Å². The number of unbranched alkanes of at least 4 members (excludes halogenated alkanes) is 4. The topological polar surface area (TPSA) is 0 Å². The van der Waals surface area contributed by atoms with Crippen molar-refractivity contribution in [1.82, 2.24) is 0 Å². The molecule has 5 rings (SSSR count). The molecule has 0 bridgehead atoms. The van der Waals surface area contributed by atoms with Crippen molar-refractivity contribution in [2.75, 3.05) is 0 Å². The first kappa shape index (κ1) is 34.2. The lowest BCUT2D eigenvalue weighted by atomic mass is 9.70. The predicted molar refractivity (Wildman–Crippen MR) is 184 cm³/mol. The average Bonchev–Trinajstić information content (AvgIpc) is 3.08. The van der Waals surface area contributed by atoms with E-state index < -0.39 is 23.3 Å². The number of halogens is 4. The van der Waals surface area contributed by atoms with Gasteiger partial charge in [0.15, 0.2) is 23.3 Å². The molecule has 0 saturated heterocycles. The monoisotopic (exact) mass is 630 g/mol. The van der Waals surface area contributed by atoms with Crippen LogP contribution in [0.15, 0.2) is 66.8 Å². The zero-order valence-corrected chi connectivity index (χ0v) is 27.7. The molecule has 0 N–H and O–H groups in total. The Balaban J connectivity index is 1.21. The van der Waals surface area contributed by atoms with E-state index in [1.54, 1.807) is 48.5 Å². The zero-order valence-electron chi connectivity index (χ0n) is 27.7. The first-order chi connectivity index (χ1) is 22.4. The van der Waals surface area contributed by atoms with Crippen molar-refractivity contribution in [3.63, 3.8) is 0 Å². The Hall–Kier alpha value is -3.14. The third-order valence-electron chi connectivity index (χ3n) is 10.6. The molecule has 3 aromatic carbocycles. The molecule has 246 valence electrons. The summed E-state index contributed by atoms with van der Waals surface area (Å²) >= 11 is 0. The molecule has 0 radical (unpaired) electrons. The normalized spacial score (nSPS) is 20.3. The zero-order chi connectivity index (χ0) is 32.5. The van der Waals surface area contributed by atoms with Gasteiger partial charge in [-0.25, -0.2) is 17.6 Å². The van der Waals surface area contributed by atoms with E-state index in [1.165, 1.54) is 38.5 Å². The van der Waals surface area contributed by atoms with E-state index in [9.17, 15) is 4.39 Å². The van der Waals surface area contributed by atoms with Gasteiger partial charge in [-0.1, -0.05) is 112 Å². The molecule has 0 heterocycles. The lowest BCUT2D eigenvalue weighted by molar-refractivity contribution is 0.190. The van der Waals surface area contributed by atoms with Gasteiger partial charge in [-0.3, -0.25) is 0 Å². The summed E-state index contributed by atoms with van der Waals surface area (Å²) in [6, 6.07) is 13.2. The maximum Gasteiger partial charge on any atom is 0.167 e. The lowest BCUT2D eigenvalue weighted by Crippen LogP contribution is -2.23. The van der Waals surface area contributed by atoms with Crippen LogP contribution >= 0.6 is 0 Å². The van der Waals surface area contributed by atoms with Gasteiger partial charge in [-0.2, -0.15) is 0 Å². The van der Waals surface area contributed by atoms with Gasteiger partial charge in [0.05, 0.1) is 0 Å². The summed E-state index contributed by atoms with van der Waals surface area (Å²) in [5, 5.41) is 0. The maximum absolute atomic E-state index is 15.5. The fraction of sp³-hybridized carbons (Fsp3) is 0.476. The minimum Gasteiger partial charge on any atom is -0.203 e. The van der Waals surface area contributed by atoms with Crippen LogP contribution in [0, 0.1) is 41.0 Å². The number of hydrogen-bond acceptors (Lipinski definition) is 0. The summed E-state index contributed by atoms with van der Waals surface area (Å²) in [7, 11) is 0. The van der Waals surface area contributed by atoms with E-state index in [0.29, 0.717) is 34.6 Å². The molecule has 46 heavy (non-hydrogen) atoms. The van der Waals surface area contributed by atoms with E-state index in [2.05, 4.69) is 32.1 Å². The number of benzene rings is 3. The standard InChI is InChI=1S/C42H50F4/c1-3-5-7-8-10-12-35-25-26-36(40(44)39(35)43)33-21-23-34(24-22-33)38-28-27-37(41(45)42(38)46)32-19-17-31(18-20-32)30-15-13-29(14-16-30)11-9-6-4-2/h4,6,19,21-31H,3,5,7-18,20H2,1-2H3/b6-4+. The molecule has 4 heteroatoms. The third kappa shape index (κ3) is 8.22. The van der Waals surface area contributed by atoms with E-state index in [1.807, 2.05) is 0 Å². The Morgan fingerprint density at radius 2 is 1.26 bits per heavy atom. The number of rotatable bonds is 13. The van der Waals surface area contributed by atoms with Crippen molar-refractivity contribution >= 4 is 5.57 Å². The van der Waals surface area contributed by atoms with Crippen LogP contribution in [-0.2, 0) is 6.42 Å². The van der Waals surface area contributed by atoms with Gasteiger partial charge in [0.25, 0.3) is 0 Å². The maximum atomic E-state index is 15.5. The summed E-state index contributed by atoms with van der Waals surface area (Å²) < 4.78 is 60.8. The molecular formula is C42H50F4. The molecule has 1 unspecified atom stereocenters. The summed E-state index contributed by atoms with van der Waals surface area (Å²) in [6.45, 7) is 4.23. The van der Waals surface area contributed by atoms with Crippen molar-refractivity contribution in [3.05, 3.63) is 101 Å². The molecule has 2 aliphatic carbocycles. The molecule has 0 spiro atoms. The van der Waals surface area contributed by atoms with Crippen LogP contribution in [0.2, 0.25) is 0 Å². The second-order valence-electron chi connectivity index (χ2n) is 13.6. The number of aryl methyl sites for hydroxylation is 1. The highest BCUT2D eigenvalue weighted by atomic mass is 19.2. The first-order valence-electron chi connectivity index (χ1n) is 17.8. The summed E-state index contributed by atoms with van der Waals surface area (Å²) in [6.07, 6.45) is 22.7. The molecule has 0 aromatic heterocycles. The van der Waals surface area contributed by atoms with E-state index in [0.717, 1.165) is 68.8 Å². The smallest absolute Gasteiger partial charge is 0.167 e. The summed E-state index contributed by atoms with van der Waals surface area (Å²) in [5.41, 5.74) is 2.98. The average molecular weight is 631 g/mol. The summed E-state index contributed by atoms with van der Waals surface area (Å²) in [5.74, 6) is -1.12. The van der Waals surface area contributed by atoms with E-state index in [4.69, 9.17) is 0 Å². The molecule has 1 saturated carbocycles. The van der Waals surface area contributed by atoms with Gasteiger partial charge in [-0.15, -0.1) is 0 Å².